The van der Waals surface area contributed by atoms with Crippen LogP contribution in [0, 0.1) is 6.92 Å². The number of hydrogen-bond acceptors (Lipinski definition) is 5. The largest absolute Gasteiger partial charge is 0.308 e. The minimum atomic E-state index is 0.522. The van der Waals surface area contributed by atoms with Crippen LogP contribution in [0.15, 0.2) is 24.4 Å². The van der Waals surface area contributed by atoms with E-state index in [-0.39, 0.29) is 0 Å². The summed E-state index contributed by atoms with van der Waals surface area (Å²) in [6, 6.07) is 5.92. The monoisotopic (exact) mass is 269 g/mol. The number of nitrogens with zero attached hydrogens (tertiary/aromatic N) is 3. The molecule has 0 amide bonds. The molecule has 2 aromatic rings. The third-order valence-corrected chi connectivity index (χ3v) is 3.81. The summed E-state index contributed by atoms with van der Waals surface area (Å²) in [5.41, 5.74) is 5.61. The lowest BCUT2D eigenvalue weighted by Gasteiger charge is -2.12. The molecule has 1 saturated carbocycles. The van der Waals surface area contributed by atoms with Gasteiger partial charge in [0.1, 0.15) is 11.5 Å². The van der Waals surface area contributed by atoms with Crippen molar-refractivity contribution < 1.29 is 0 Å². The topological polar surface area (TPSA) is 76.7 Å². The van der Waals surface area contributed by atoms with Crippen LogP contribution in [0.3, 0.4) is 0 Å². The van der Waals surface area contributed by atoms with E-state index < -0.39 is 0 Å². The molecule has 3 N–H and O–H groups in total. The fourth-order valence-corrected chi connectivity index (χ4v) is 2.69. The maximum Gasteiger partial charge on any atom is 0.180 e. The van der Waals surface area contributed by atoms with E-state index in [1.165, 1.54) is 25.7 Å². The third-order valence-electron chi connectivity index (χ3n) is 3.81. The van der Waals surface area contributed by atoms with Gasteiger partial charge in [0, 0.05) is 23.9 Å². The van der Waals surface area contributed by atoms with Crippen molar-refractivity contribution in [3.63, 3.8) is 0 Å². The molecule has 0 bridgehead atoms. The molecule has 5 heteroatoms. The van der Waals surface area contributed by atoms with Gasteiger partial charge in [-0.1, -0.05) is 18.9 Å². The van der Waals surface area contributed by atoms with Gasteiger partial charge in [-0.25, -0.2) is 15.8 Å². The van der Waals surface area contributed by atoms with Crippen LogP contribution >= 0.6 is 0 Å². The van der Waals surface area contributed by atoms with Crippen LogP contribution in [0.5, 0.6) is 0 Å². The van der Waals surface area contributed by atoms with Gasteiger partial charge in [-0.2, -0.15) is 0 Å². The second kappa shape index (κ2) is 5.54. The lowest BCUT2D eigenvalue weighted by Crippen LogP contribution is -2.11. The van der Waals surface area contributed by atoms with Gasteiger partial charge in [-0.15, -0.1) is 0 Å². The number of rotatable bonds is 3. The number of nitrogens with two attached hydrogens (primary N) is 1. The van der Waals surface area contributed by atoms with E-state index in [2.05, 4.69) is 15.4 Å². The zero-order valence-corrected chi connectivity index (χ0v) is 11.6. The second-order valence-electron chi connectivity index (χ2n) is 5.35. The Labute approximate surface area is 118 Å². The van der Waals surface area contributed by atoms with Crippen molar-refractivity contribution in [1.29, 1.82) is 0 Å². The molecule has 1 aliphatic rings. The molecule has 3 rings (SSSR count). The molecule has 2 heterocycles. The van der Waals surface area contributed by atoms with E-state index in [0.717, 1.165) is 17.0 Å². The molecule has 104 valence electrons. The van der Waals surface area contributed by atoms with Crippen molar-refractivity contribution >= 4 is 5.82 Å². The Balaban J connectivity index is 2.01. The van der Waals surface area contributed by atoms with Crippen LogP contribution in [0.2, 0.25) is 0 Å². The number of nitrogen functional groups attached to an aromatic ring is 1. The molecule has 1 fully saturated rings. The zero-order chi connectivity index (χ0) is 13.9. The second-order valence-corrected chi connectivity index (χ2v) is 5.35. The first-order chi connectivity index (χ1) is 9.76. The summed E-state index contributed by atoms with van der Waals surface area (Å²) in [7, 11) is 0. The maximum atomic E-state index is 5.53. The Morgan fingerprint density at radius 1 is 1.20 bits per heavy atom. The zero-order valence-electron chi connectivity index (χ0n) is 11.6. The predicted octanol–water partition coefficient (Wildman–Crippen LogP) is 2.79. The van der Waals surface area contributed by atoms with Gasteiger partial charge in [-0.05, 0) is 31.4 Å². The summed E-state index contributed by atoms with van der Waals surface area (Å²) in [4.78, 5) is 13.5. The molecule has 0 aliphatic heterocycles. The molecular weight excluding hydrogens is 250 g/mol. The van der Waals surface area contributed by atoms with Gasteiger partial charge in [0.2, 0.25) is 0 Å². The first kappa shape index (κ1) is 13.0. The molecule has 0 radical (unpaired) electrons. The van der Waals surface area contributed by atoms with E-state index in [1.54, 1.807) is 0 Å². The fourth-order valence-electron chi connectivity index (χ4n) is 2.69. The number of hydrogen-bond donors (Lipinski definition) is 2. The summed E-state index contributed by atoms with van der Waals surface area (Å²) >= 11 is 0. The highest BCUT2D eigenvalue weighted by atomic mass is 15.3. The summed E-state index contributed by atoms with van der Waals surface area (Å²) in [5, 5.41) is 0. The first-order valence-corrected chi connectivity index (χ1v) is 7.05. The Morgan fingerprint density at radius 3 is 2.65 bits per heavy atom. The molecule has 2 aromatic heterocycles. The Kier molecular flexibility index (Phi) is 3.60. The van der Waals surface area contributed by atoms with E-state index in [0.29, 0.717) is 17.6 Å². The average molecular weight is 269 g/mol. The summed E-state index contributed by atoms with van der Waals surface area (Å²) < 4.78 is 0. The third kappa shape index (κ3) is 2.63. The van der Waals surface area contributed by atoms with Crippen molar-refractivity contribution in [3.8, 4) is 11.5 Å². The Bertz CT molecular complexity index is 588. The molecule has 5 nitrogen and oxygen atoms in total. The molecule has 0 spiro atoms. The van der Waals surface area contributed by atoms with E-state index >= 15 is 0 Å². The van der Waals surface area contributed by atoms with Gasteiger partial charge in [0.25, 0.3) is 0 Å². The first-order valence-electron chi connectivity index (χ1n) is 7.05. The van der Waals surface area contributed by atoms with Crippen LogP contribution in [-0.4, -0.2) is 15.0 Å². The highest BCUT2D eigenvalue weighted by Crippen LogP contribution is 2.34. The smallest absolute Gasteiger partial charge is 0.180 e. The summed E-state index contributed by atoms with van der Waals surface area (Å²) in [5.74, 6) is 7.34. The maximum absolute atomic E-state index is 5.53. The molecular formula is C15H19N5. The number of aromatic nitrogens is 3. The van der Waals surface area contributed by atoms with E-state index in [4.69, 9.17) is 10.8 Å². The predicted molar refractivity (Wildman–Crippen MR) is 79.0 cm³/mol. The number of anilines is 1. The van der Waals surface area contributed by atoms with Crippen molar-refractivity contribution in [2.75, 3.05) is 5.43 Å². The van der Waals surface area contributed by atoms with Crippen molar-refractivity contribution in [2.45, 2.75) is 38.5 Å². The minimum absolute atomic E-state index is 0.522. The van der Waals surface area contributed by atoms with Crippen LogP contribution in [0.4, 0.5) is 5.82 Å². The van der Waals surface area contributed by atoms with Crippen molar-refractivity contribution in [2.24, 2.45) is 5.84 Å². The highest BCUT2D eigenvalue weighted by Gasteiger charge is 2.20. The van der Waals surface area contributed by atoms with Gasteiger partial charge in [-0.3, -0.25) is 4.98 Å². The minimum Gasteiger partial charge on any atom is -0.308 e. The molecule has 0 unspecified atom stereocenters. The standard InChI is InChI=1S/C15H19N5/c1-10-6-7-12(17-9-10)15-18-13(8-14(19-15)20-16)11-4-2-3-5-11/h6-9,11H,2-5,16H2,1H3,(H,18,19,20). The van der Waals surface area contributed by atoms with Gasteiger partial charge < -0.3 is 5.43 Å². The van der Waals surface area contributed by atoms with Crippen LogP contribution in [0.1, 0.15) is 42.9 Å². The van der Waals surface area contributed by atoms with Gasteiger partial charge in [0.15, 0.2) is 5.82 Å². The van der Waals surface area contributed by atoms with Crippen LogP contribution < -0.4 is 11.3 Å². The number of hydrazine groups is 1. The van der Waals surface area contributed by atoms with Crippen LogP contribution in [0.25, 0.3) is 11.5 Å². The van der Waals surface area contributed by atoms with Crippen LogP contribution in [-0.2, 0) is 0 Å². The van der Waals surface area contributed by atoms with Crippen molar-refractivity contribution in [1.82, 2.24) is 15.0 Å². The number of nitrogens with one attached hydrogen (secondary N) is 1. The highest BCUT2D eigenvalue weighted by molar-refractivity contribution is 5.53. The number of aryl methyl sites for hydroxylation is 1. The molecule has 1 aliphatic carbocycles. The number of pyridine rings is 1. The molecule has 0 aromatic carbocycles. The van der Waals surface area contributed by atoms with Gasteiger partial charge in [0.05, 0.1) is 0 Å². The van der Waals surface area contributed by atoms with E-state index in [9.17, 15) is 0 Å². The molecule has 0 saturated heterocycles. The molecule has 0 atom stereocenters. The van der Waals surface area contributed by atoms with E-state index in [1.807, 2.05) is 31.3 Å². The molecule has 20 heavy (non-hydrogen) atoms. The summed E-state index contributed by atoms with van der Waals surface area (Å²) in [6.45, 7) is 2.01. The quantitative estimate of drug-likeness (QED) is 0.662. The lowest BCUT2D eigenvalue weighted by atomic mass is 10.0. The Morgan fingerprint density at radius 2 is 2.00 bits per heavy atom. The SMILES string of the molecule is Cc1ccc(-c2nc(NN)cc(C3CCCC3)n2)nc1. The fraction of sp³-hybridized carbons (Fsp3) is 0.400. The Hall–Kier alpha value is -2.01. The summed E-state index contributed by atoms with van der Waals surface area (Å²) in [6.07, 6.45) is 6.77. The lowest BCUT2D eigenvalue weighted by molar-refractivity contribution is 0.695. The van der Waals surface area contributed by atoms with Gasteiger partial charge >= 0.3 is 0 Å². The van der Waals surface area contributed by atoms with Crippen molar-refractivity contribution in [3.05, 3.63) is 35.7 Å². The normalized spacial score (nSPS) is 15.5. The average Bonchev–Trinajstić information content (AvgIpc) is 3.02.